The van der Waals surface area contributed by atoms with Crippen LogP contribution in [-0.2, 0) is 6.42 Å². The molecule has 1 atom stereocenters. The van der Waals surface area contributed by atoms with Gasteiger partial charge in [-0.05, 0) is 69.0 Å². The lowest BCUT2D eigenvalue weighted by Crippen LogP contribution is -2.18. The van der Waals surface area contributed by atoms with Gasteiger partial charge in [0.1, 0.15) is 11.5 Å². The van der Waals surface area contributed by atoms with Crippen LogP contribution in [0.5, 0.6) is 11.5 Å². The van der Waals surface area contributed by atoms with Gasteiger partial charge in [-0.2, -0.15) is 0 Å². The monoisotopic (exact) mass is 303 g/mol. The summed E-state index contributed by atoms with van der Waals surface area (Å²) in [5, 5.41) is 0.701. The van der Waals surface area contributed by atoms with Crippen LogP contribution in [0.3, 0.4) is 0 Å². The van der Waals surface area contributed by atoms with Crippen LogP contribution in [-0.4, -0.2) is 6.04 Å². The first-order valence-electron chi connectivity index (χ1n) is 7.17. The third kappa shape index (κ3) is 3.78. The second kappa shape index (κ2) is 6.50. The molecule has 0 bridgehead atoms. The highest BCUT2D eigenvalue weighted by molar-refractivity contribution is 6.31. The second-order valence-electron chi connectivity index (χ2n) is 5.70. The molecular formula is C18H22ClNO. The molecule has 0 amide bonds. The number of hydrogen-bond acceptors (Lipinski definition) is 2. The number of rotatable bonds is 4. The molecule has 2 aromatic rings. The Labute approximate surface area is 131 Å². The minimum absolute atomic E-state index is 0.0348. The topological polar surface area (TPSA) is 35.2 Å². The van der Waals surface area contributed by atoms with Gasteiger partial charge in [0.2, 0.25) is 0 Å². The van der Waals surface area contributed by atoms with E-state index in [1.165, 1.54) is 11.1 Å². The van der Waals surface area contributed by atoms with Crippen molar-refractivity contribution >= 4 is 11.6 Å². The quantitative estimate of drug-likeness (QED) is 0.867. The molecule has 0 heterocycles. The van der Waals surface area contributed by atoms with Crippen molar-refractivity contribution in [3.63, 3.8) is 0 Å². The summed E-state index contributed by atoms with van der Waals surface area (Å²) in [6, 6.07) is 9.97. The van der Waals surface area contributed by atoms with E-state index >= 15 is 0 Å². The number of nitrogens with two attached hydrogens (primary N) is 1. The van der Waals surface area contributed by atoms with Gasteiger partial charge in [-0.15, -0.1) is 0 Å². The average molecular weight is 304 g/mol. The summed E-state index contributed by atoms with van der Waals surface area (Å²) >= 11 is 6.31. The number of halogens is 1. The van der Waals surface area contributed by atoms with E-state index in [0.717, 1.165) is 22.6 Å². The van der Waals surface area contributed by atoms with Gasteiger partial charge in [-0.25, -0.2) is 0 Å². The lowest BCUT2D eigenvalue weighted by Gasteiger charge is -2.17. The van der Waals surface area contributed by atoms with Gasteiger partial charge in [0.15, 0.2) is 0 Å². The van der Waals surface area contributed by atoms with E-state index in [0.29, 0.717) is 11.4 Å². The fraction of sp³-hybridized carbons (Fsp3) is 0.333. The lowest BCUT2D eigenvalue weighted by atomic mass is 10.0. The minimum Gasteiger partial charge on any atom is -0.457 e. The predicted molar refractivity (Wildman–Crippen MR) is 89.5 cm³/mol. The highest BCUT2D eigenvalue weighted by Crippen LogP contribution is 2.34. The van der Waals surface area contributed by atoms with Gasteiger partial charge in [0.25, 0.3) is 0 Å². The van der Waals surface area contributed by atoms with Crippen LogP contribution in [0.25, 0.3) is 0 Å². The largest absolute Gasteiger partial charge is 0.457 e. The Morgan fingerprint density at radius 3 is 2.52 bits per heavy atom. The molecule has 0 saturated carbocycles. The Balaban J connectivity index is 2.42. The third-order valence-electron chi connectivity index (χ3n) is 3.59. The minimum atomic E-state index is 0.0348. The average Bonchev–Trinajstić information content (AvgIpc) is 2.39. The predicted octanol–water partition coefficient (Wildman–Crippen LogP) is 4.95. The van der Waals surface area contributed by atoms with E-state index in [4.69, 9.17) is 22.1 Å². The molecule has 0 aromatic heterocycles. The summed E-state index contributed by atoms with van der Waals surface area (Å²) in [6.45, 7) is 8.20. The summed E-state index contributed by atoms with van der Waals surface area (Å²) in [5.74, 6) is 1.66. The SMILES string of the molecule is Cc1cc(C)c(C)c(Oc2cccc(Cl)c2CC(C)N)c1. The lowest BCUT2D eigenvalue weighted by molar-refractivity contribution is 0.469. The third-order valence-corrected chi connectivity index (χ3v) is 3.94. The maximum Gasteiger partial charge on any atom is 0.132 e. The van der Waals surface area contributed by atoms with Crippen molar-refractivity contribution in [2.45, 2.75) is 40.2 Å². The number of ether oxygens (including phenoxy) is 1. The molecule has 0 saturated heterocycles. The zero-order chi connectivity index (χ0) is 15.6. The summed E-state index contributed by atoms with van der Waals surface area (Å²) in [5.41, 5.74) is 10.4. The van der Waals surface area contributed by atoms with E-state index in [-0.39, 0.29) is 6.04 Å². The van der Waals surface area contributed by atoms with Crippen LogP contribution < -0.4 is 10.5 Å². The zero-order valence-electron chi connectivity index (χ0n) is 13.0. The van der Waals surface area contributed by atoms with Crippen molar-refractivity contribution in [2.24, 2.45) is 5.73 Å². The smallest absolute Gasteiger partial charge is 0.132 e. The van der Waals surface area contributed by atoms with Crippen molar-refractivity contribution in [1.82, 2.24) is 0 Å². The van der Waals surface area contributed by atoms with E-state index in [2.05, 4.69) is 32.9 Å². The van der Waals surface area contributed by atoms with Crippen LogP contribution in [0.4, 0.5) is 0 Å². The summed E-state index contributed by atoms with van der Waals surface area (Å²) < 4.78 is 6.14. The molecule has 2 rings (SSSR count). The summed E-state index contributed by atoms with van der Waals surface area (Å²) in [6.07, 6.45) is 0.693. The van der Waals surface area contributed by atoms with Crippen molar-refractivity contribution in [3.05, 3.63) is 57.6 Å². The van der Waals surface area contributed by atoms with Crippen LogP contribution in [0.2, 0.25) is 5.02 Å². The maximum absolute atomic E-state index is 6.31. The first kappa shape index (κ1) is 15.9. The van der Waals surface area contributed by atoms with Gasteiger partial charge in [0, 0.05) is 16.6 Å². The summed E-state index contributed by atoms with van der Waals surface area (Å²) in [4.78, 5) is 0. The van der Waals surface area contributed by atoms with E-state index in [1.807, 2.05) is 25.1 Å². The van der Waals surface area contributed by atoms with Crippen LogP contribution in [0, 0.1) is 20.8 Å². The molecule has 2 N–H and O–H groups in total. The maximum atomic E-state index is 6.31. The number of benzene rings is 2. The van der Waals surface area contributed by atoms with E-state index in [9.17, 15) is 0 Å². The molecular weight excluding hydrogens is 282 g/mol. The standard InChI is InChI=1S/C18H22ClNO/c1-11-8-12(2)14(4)18(9-11)21-17-7-5-6-16(19)15(17)10-13(3)20/h5-9,13H,10,20H2,1-4H3. The Morgan fingerprint density at radius 2 is 1.86 bits per heavy atom. The molecule has 2 nitrogen and oxygen atoms in total. The molecule has 0 aliphatic heterocycles. The van der Waals surface area contributed by atoms with Gasteiger partial charge >= 0.3 is 0 Å². The highest BCUT2D eigenvalue weighted by Gasteiger charge is 2.13. The van der Waals surface area contributed by atoms with Gasteiger partial charge < -0.3 is 10.5 Å². The zero-order valence-corrected chi connectivity index (χ0v) is 13.8. The summed E-state index contributed by atoms with van der Waals surface area (Å²) in [7, 11) is 0. The molecule has 3 heteroatoms. The molecule has 0 radical (unpaired) electrons. The Bertz CT molecular complexity index is 650. The number of aryl methyl sites for hydroxylation is 2. The van der Waals surface area contributed by atoms with Crippen molar-refractivity contribution in [3.8, 4) is 11.5 Å². The van der Waals surface area contributed by atoms with Crippen LogP contribution in [0.1, 0.15) is 29.2 Å². The fourth-order valence-electron chi connectivity index (χ4n) is 2.38. The Kier molecular flexibility index (Phi) is 4.92. The van der Waals surface area contributed by atoms with Gasteiger partial charge in [-0.1, -0.05) is 23.7 Å². The molecule has 2 aromatic carbocycles. The first-order chi connectivity index (χ1) is 9.88. The second-order valence-corrected chi connectivity index (χ2v) is 6.11. The van der Waals surface area contributed by atoms with E-state index < -0.39 is 0 Å². The number of hydrogen-bond donors (Lipinski definition) is 1. The molecule has 0 fully saturated rings. The van der Waals surface area contributed by atoms with Gasteiger partial charge in [-0.3, -0.25) is 0 Å². The van der Waals surface area contributed by atoms with Crippen molar-refractivity contribution < 1.29 is 4.74 Å². The molecule has 0 aliphatic rings. The van der Waals surface area contributed by atoms with E-state index in [1.54, 1.807) is 0 Å². The molecule has 21 heavy (non-hydrogen) atoms. The van der Waals surface area contributed by atoms with Crippen molar-refractivity contribution in [2.75, 3.05) is 0 Å². The van der Waals surface area contributed by atoms with Crippen molar-refractivity contribution in [1.29, 1.82) is 0 Å². The van der Waals surface area contributed by atoms with Gasteiger partial charge in [0.05, 0.1) is 0 Å². The van der Waals surface area contributed by atoms with Crippen LogP contribution >= 0.6 is 11.6 Å². The van der Waals surface area contributed by atoms with Crippen LogP contribution in [0.15, 0.2) is 30.3 Å². The normalized spacial score (nSPS) is 12.3. The molecule has 112 valence electrons. The molecule has 1 unspecified atom stereocenters. The molecule has 0 aliphatic carbocycles. The fourth-order valence-corrected chi connectivity index (χ4v) is 2.62. The first-order valence-corrected chi connectivity index (χ1v) is 7.55. The Morgan fingerprint density at radius 1 is 1.14 bits per heavy atom. The Hall–Kier alpha value is -1.51. The molecule has 0 spiro atoms. The highest BCUT2D eigenvalue weighted by atomic mass is 35.5.